The van der Waals surface area contributed by atoms with Gasteiger partial charge in [-0.15, -0.1) is 11.3 Å². The molecule has 262 valence electrons. The molecule has 0 fully saturated rings. The Morgan fingerprint density at radius 3 is 1.70 bits per heavy atom. The molecule has 0 N–H and O–H groups in total. The smallest absolute Gasteiger partial charge is 0.160 e. The molecule has 0 radical (unpaired) electrons. The van der Waals surface area contributed by atoms with Crippen LogP contribution in [0.1, 0.15) is 0 Å². The lowest BCUT2D eigenvalue weighted by atomic mass is 9.98. The first-order valence-electron chi connectivity index (χ1n) is 18.9. The van der Waals surface area contributed by atoms with Crippen molar-refractivity contribution < 1.29 is 0 Å². The maximum atomic E-state index is 5.28. The SMILES string of the molecule is c1ccc(-c2ccc(-c3cc(-n4c5ccccc5c5c(-c6cc(-c7ccccc7)nc(-c7ccccc7)n6)cccc54)c4sc5ccccc5c4c3)cc2)cc1. The second-order valence-corrected chi connectivity index (χ2v) is 15.2. The molecule has 0 aliphatic heterocycles. The fourth-order valence-corrected chi connectivity index (χ4v) is 9.37. The summed E-state index contributed by atoms with van der Waals surface area (Å²) in [6.07, 6.45) is 0. The van der Waals surface area contributed by atoms with E-state index in [4.69, 9.17) is 9.97 Å². The molecular weight excluding hydrogens is 699 g/mol. The Morgan fingerprint density at radius 2 is 0.946 bits per heavy atom. The van der Waals surface area contributed by atoms with E-state index in [0.29, 0.717) is 5.82 Å². The summed E-state index contributed by atoms with van der Waals surface area (Å²) in [6.45, 7) is 0. The lowest BCUT2D eigenvalue weighted by Crippen LogP contribution is -1.97. The van der Waals surface area contributed by atoms with E-state index in [1.807, 2.05) is 35.6 Å². The molecular formula is C52H33N3S. The summed E-state index contributed by atoms with van der Waals surface area (Å²) in [7, 11) is 0. The monoisotopic (exact) mass is 731 g/mol. The number of hydrogen-bond donors (Lipinski definition) is 0. The average Bonchev–Trinajstić information content (AvgIpc) is 3.83. The third-order valence-electron chi connectivity index (χ3n) is 10.8. The zero-order valence-corrected chi connectivity index (χ0v) is 31.1. The summed E-state index contributed by atoms with van der Waals surface area (Å²) >= 11 is 1.87. The van der Waals surface area contributed by atoms with Gasteiger partial charge in [-0.05, 0) is 58.7 Å². The molecule has 8 aromatic carbocycles. The lowest BCUT2D eigenvalue weighted by Gasteiger charge is -2.14. The molecule has 11 aromatic rings. The zero-order chi connectivity index (χ0) is 37.0. The van der Waals surface area contributed by atoms with Gasteiger partial charge in [0.15, 0.2) is 5.82 Å². The second-order valence-electron chi connectivity index (χ2n) is 14.2. The third-order valence-corrected chi connectivity index (χ3v) is 12.0. The first-order valence-corrected chi connectivity index (χ1v) is 19.7. The molecule has 0 atom stereocenters. The van der Waals surface area contributed by atoms with Gasteiger partial charge in [-0.3, -0.25) is 0 Å². The van der Waals surface area contributed by atoms with E-state index in [9.17, 15) is 0 Å². The predicted molar refractivity (Wildman–Crippen MR) is 236 cm³/mol. The van der Waals surface area contributed by atoms with Crippen molar-refractivity contribution >= 4 is 53.3 Å². The van der Waals surface area contributed by atoms with E-state index >= 15 is 0 Å². The highest BCUT2D eigenvalue weighted by atomic mass is 32.1. The highest BCUT2D eigenvalue weighted by molar-refractivity contribution is 7.26. The summed E-state index contributed by atoms with van der Waals surface area (Å²) in [5.74, 6) is 0.709. The van der Waals surface area contributed by atoms with Crippen molar-refractivity contribution in [1.82, 2.24) is 14.5 Å². The first kappa shape index (κ1) is 32.3. The van der Waals surface area contributed by atoms with Gasteiger partial charge in [-0.25, -0.2) is 9.97 Å². The molecule has 4 heteroatoms. The van der Waals surface area contributed by atoms with Crippen LogP contribution in [0, 0.1) is 0 Å². The highest BCUT2D eigenvalue weighted by Gasteiger charge is 2.21. The number of fused-ring (bicyclic) bond motifs is 6. The van der Waals surface area contributed by atoms with Crippen molar-refractivity contribution in [1.29, 1.82) is 0 Å². The van der Waals surface area contributed by atoms with Gasteiger partial charge in [-0.2, -0.15) is 0 Å². The number of rotatable bonds is 6. The van der Waals surface area contributed by atoms with Crippen molar-refractivity contribution in [2.75, 3.05) is 0 Å². The van der Waals surface area contributed by atoms with Gasteiger partial charge in [0, 0.05) is 42.9 Å². The quantitative estimate of drug-likeness (QED) is 0.170. The van der Waals surface area contributed by atoms with Crippen LogP contribution in [0.5, 0.6) is 0 Å². The van der Waals surface area contributed by atoms with E-state index in [-0.39, 0.29) is 0 Å². The van der Waals surface area contributed by atoms with Gasteiger partial charge in [0.1, 0.15) is 0 Å². The maximum Gasteiger partial charge on any atom is 0.160 e. The summed E-state index contributed by atoms with van der Waals surface area (Å²) in [4.78, 5) is 10.4. The number of aromatic nitrogens is 3. The summed E-state index contributed by atoms with van der Waals surface area (Å²) in [6, 6.07) is 71.4. The molecule has 56 heavy (non-hydrogen) atoms. The standard InChI is InChI=1S/C52H33N3S/c1-4-15-34(16-5-1)35-27-29-36(30-28-35)39-31-43-40-21-11-13-26-49(40)56-51(43)48(32-39)55-46-24-12-10-22-42(46)50-41(23-14-25-47(50)55)45-33-44(37-17-6-2-7-18-37)53-52(54-45)38-19-8-3-9-20-38/h1-33H. The number of benzene rings is 8. The van der Waals surface area contributed by atoms with E-state index in [2.05, 4.69) is 180 Å². The molecule has 0 aliphatic carbocycles. The van der Waals surface area contributed by atoms with Gasteiger partial charge < -0.3 is 4.57 Å². The Bertz CT molecular complexity index is 3160. The molecule has 0 saturated carbocycles. The fourth-order valence-electron chi connectivity index (χ4n) is 8.18. The molecule has 11 rings (SSSR count). The zero-order valence-electron chi connectivity index (χ0n) is 30.3. The molecule has 0 aliphatic rings. The van der Waals surface area contributed by atoms with Crippen LogP contribution in [0.25, 0.3) is 104 Å². The average molecular weight is 732 g/mol. The Labute approximate surface area is 328 Å². The van der Waals surface area contributed by atoms with Crippen LogP contribution in [0.2, 0.25) is 0 Å². The van der Waals surface area contributed by atoms with Crippen molar-refractivity contribution in [3.05, 3.63) is 200 Å². The molecule has 3 heterocycles. The molecule has 3 nitrogen and oxygen atoms in total. The number of nitrogens with zero attached hydrogens (tertiary/aromatic N) is 3. The van der Waals surface area contributed by atoms with E-state index < -0.39 is 0 Å². The molecule has 0 saturated heterocycles. The van der Waals surface area contributed by atoms with Gasteiger partial charge in [0.05, 0.1) is 32.8 Å². The number of thiophene rings is 1. The van der Waals surface area contributed by atoms with Crippen molar-refractivity contribution in [3.63, 3.8) is 0 Å². The van der Waals surface area contributed by atoms with Crippen LogP contribution in [0.4, 0.5) is 0 Å². The Kier molecular flexibility index (Phi) is 7.68. The van der Waals surface area contributed by atoms with Gasteiger partial charge >= 0.3 is 0 Å². The Morgan fingerprint density at radius 1 is 0.375 bits per heavy atom. The van der Waals surface area contributed by atoms with Crippen LogP contribution in [-0.4, -0.2) is 14.5 Å². The first-order chi connectivity index (χ1) is 27.8. The molecule has 0 amide bonds. The minimum atomic E-state index is 0.709. The lowest BCUT2D eigenvalue weighted by molar-refractivity contribution is 1.18. The van der Waals surface area contributed by atoms with Crippen LogP contribution in [-0.2, 0) is 0 Å². The Hall–Kier alpha value is -7.14. The van der Waals surface area contributed by atoms with E-state index in [1.54, 1.807) is 0 Å². The highest BCUT2D eigenvalue weighted by Crippen LogP contribution is 2.45. The normalized spacial score (nSPS) is 11.6. The van der Waals surface area contributed by atoms with Gasteiger partial charge in [0.25, 0.3) is 0 Å². The van der Waals surface area contributed by atoms with Crippen LogP contribution < -0.4 is 0 Å². The molecule has 0 unspecified atom stereocenters. The largest absolute Gasteiger partial charge is 0.308 e. The third kappa shape index (κ3) is 5.42. The maximum absolute atomic E-state index is 5.28. The fraction of sp³-hybridized carbons (Fsp3) is 0. The van der Waals surface area contributed by atoms with Crippen LogP contribution in [0.15, 0.2) is 200 Å². The Balaban J connectivity index is 1.17. The molecule has 0 spiro atoms. The van der Waals surface area contributed by atoms with E-state index in [1.165, 1.54) is 58.9 Å². The van der Waals surface area contributed by atoms with E-state index in [0.717, 1.165) is 39.1 Å². The molecule has 3 aromatic heterocycles. The van der Waals surface area contributed by atoms with Crippen molar-refractivity contribution in [3.8, 4) is 61.8 Å². The topological polar surface area (TPSA) is 30.7 Å². The van der Waals surface area contributed by atoms with Gasteiger partial charge in [0.2, 0.25) is 0 Å². The van der Waals surface area contributed by atoms with Crippen molar-refractivity contribution in [2.45, 2.75) is 0 Å². The van der Waals surface area contributed by atoms with Gasteiger partial charge in [-0.1, -0.05) is 164 Å². The minimum Gasteiger partial charge on any atom is -0.308 e. The molecule has 0 bridgehead atoms. The van der Waals surface area contributed by atoms with Crippen LogP contribution in [0.3, 0.4) is 0 Å². The summed E-state index contributed by atoms with van der Waals surface area (Å²) in [5.41, 5.74) is 13.2. The van der Waals surface area contributed by atoms with Crippen LogP contribution >= 0.6 is 11.3 Å². The predicted octanol–water partition coefficient (Wildman–Crippen LogP) is 14.3. The minimum absolute atomic E-state index is 0.709. The van der Waals surface area contributed by atoms with Crippen molar-refractivity contribution in [2.24, 2.45) is 0 Å². The summed E-state index contributed by atoms with van der Waals surface area (Å²) in [5, 5.41) is 4.90. The number of hydrogen-bond acceptors (Lipinski definition) is 3. The number of para-hydroxylation sites is 1. The second kappa shape index (κ2) is 13.3. The summed E-state index contributed by atoms with van der Waals surface area (Å²) < 4.78 is 5.03.